The Morgan fingerprint density at radius 1 is 1.32 bits per heavy atom. The zero-order valence-corrected chi connectivity index (χ0v) is 12.3. The fraction of sp³-hybridized carbons (Fsp3) is 0.357. The summed E-state index contributed by atoms with van der Waals surface area (Å²) in [7, 11) is 1.39. The zero-order valence-electron chi connectivity index (χ0n) is 11.5. The monoisotopic (exact) mass is 337 g/mol. The summed E-state index contributed by atoms with van der Waals surface area (Å²) in [6.45, 7) is 0.0438. The van der Waals surface area contributed by atoms with Crippen LogP contribution in [0.1, 0.15) is 6.42 Å². The van der Waals surface area contributed by atoms with Crippen molar-refractivity contribution in [1.82, 2.24) is 0 Å². The first kappa shape index (κ1) is 17.0. The van der Waals surface area contributed by atoms with Gasteiger partial charge in [-0.1, -0.05) is 0 Å². The molecule has 0 aliphatic carbocycles. The number of hydrogen-bond acceptors (Lipinski definition) is 3. The number of methoxy groups -OCH3 is 1. The van der Waals surface area contributed by atoms with Crippen molar-refractivity contribution in [2.45, 2.75) is 22.7 Å². The minimum atomic E-state index is -4.48. The maximum Gasteiger partial charge on any atom is 0.414 e. The van der Waals surface area contributed by atoms with E-state index in [9.17, 15) is 22.0 Å². The number of allylic oxidation sites excluding steroid dienone is 1. The van der Waals surface area contributed by atoms with Crippen molar-refractivity contribution in [3.8, 4) is 0 Å². The van der Waals surface area contributed by atoms with Crippen molar-refractivity contribution in [3.05, 3.63) is 41.6 Å². The Labute approximate surface area is 128 Å². The van der Waals surface area contributed by atoms with Gasteiger partial charge in [-0.05, 0) is 18.6 Å². The van der Waals surface area contributed by atoms with Gasteiger partial charge in [0.1, 0.15) is 11.6 Å². The van der Waals surface area contributed by atoms with Crippen LogP contribution in [0.2, 0.25) is 0 Å². The average Bonchev–Trinajstić information content (AvgIpc) is 2.42. The van der Waals surface area contributed by atoms with Gasteiger partial charge >= 0.3 is 6.18 Å². The Morgan fingerprint density at radius 3 is 2.64 bits per heavy atom. The van der Waals surface area contributed by atoms with Crippen LogP contribution in [-0.4, -0.2) is 30.9 Å². The Morgan fingerprint density at radius 2 is 2.05 bits per heavy atom. The molecule has 2 nitrogen and oxygen atoms in total. The summed E-state index contributed by atoms with van der Waals surface area (Å²) in [5, 5.41) is -0.721. The van der Waals surface area contributed by atoms with E-state index in [0.29, 0.717) is 11.8 Å². The average molecular weight is 337 g/mol. The predicted octanol–water partition coefficient (Wildman–Crippen LogP) is 4.36. The number of alkyl halides is 3. The summed E-state index contributed by atoms with van der Waals surface area (Å²) < 4.78 is 69.9. The third-order valence-corrected chi connectivity index (χ3v) is 4.29. The Kier molecular flexibility index (Phi) is 5.23. The third kappa shape index (κ3) is 4.07. The highest BCUT2D eigenvalue weighted by atomic mass is 32.2. The van der Waals surface area contributed by atoms with Crippen LogP contribution in [0.25, 0.3) is 0 Å². The van der Waals surface area contributed by atoms with Crippen molar-refractivity contribution in [1.29, 1.82) is 0 Å². The summed E-state index contributed by atoms with van der Waals surface area (Å²) in [6.07, 6.45) is -4.05. The highest BCUT2D eigenvalue weighted by Gasteiger charge is 2.38. The lowest BCUT2D eigenvalue weighted by Crippen LogP contribution is -2.28. The first-order valence-electron chi connectivity index (χ1n) is 6.24. The van der Waals surface area contributed by atoms with Gasteiger partial charge in [0.25, 0.3) is 0 Å². The molecule has 1 aromatic rings. The number of halogens is 5. The fourth-order valence-electron chi connectivity index (χ4n) is 1.91. The van der Waals surface area contributed by atoms with E-state index >= 15 is 0 Å². The zero-order chi connectivity index (χ0) is 16.3. The molecule has 1 atom stereocenters. The molecule has 22 heavy (non-hydrogen) atoms. The second-order valence-electron chi connectivity index (χ2n) is 4.59. The Balaban J connectivity index is 2.24. The van der Waals surface area contributed by atoms with E-state index in [0.717, 1.165) is 24.0 Å². The Bertz CT molecular complexity index is 612. The van der Waals surface area contributed by atoms with Crippen molar-refractivity contribution in [3.63, 3.8) is 0 Å². The second-order valence-corrected chi connectivity index (χ2v) is 5.84. The van der Waals surface area contributed by atoms with Gasteiger partial charge in [0, 0.05) is 24.3 Å². The van der Waals surface area contributed by atoms with E-state index < -0.39 is 28.6 Å². The van der Waals surface area contributed by atoms with Crippen LogP contribution in [0.4, 0.5) is 22.0 Å². The number of nitrogens with zero attached hydrogens (tertiary/aromatic N) is 1. The highest BCUT2D eigenvalue weighted by molar-refractivity contribution is 8.00. The van der Waals surface area contributed by atoms with Gasteiger partial charge in [-0.15, -0.1) is 11.8 Å². The molecule has 0 saturated carbocycles. The lowest BCUT2D eigenvalue weighted by Gasteiger charge is -2.24. The summed E-state index contributed by atoms with van der Waals surface area (Å²) in [5.74, 6) is -1.56. The molecule has 0 spiro atoms. The molecular weight excluding hydrogens is 325 g/mol. The minimum absolute atomic E-state index is 0.0438. The predicted molar refractivity (Wildman–Crippen MR) is 74.1 cm³/mol. The number of hydrogen-bond donors (Lipinski definition) is 0. The number of ether oxygens (including phenoxy) is 1. The molecule has 0 saturated heterocycles. The normalized spacial score (nSPS) is 18.9. The molecular formula is C14H12F5NOS. The molecule has 120 valence electrons. The van der Waals surface area contributed by atoms with Crippen LogP contribution in [0.5, 0.6) is 0 Å². The van der Waals surface area contributed by atoms with Crippen LogP contribution >= 0.6 is 11.8 Å². The van der Waals surface area contributed by atoms with Gasteiger partial charge < -0.3 is 4.74 Å². The van der Waals surface area contributed by atoms with Gasteiger partial charge in [0.15, 0.2) is 0 Å². The van der Waals surface area contributed by atoms with Crippen LogP contribution in [0.3, 0.4) is 0 Å². The molecule has 1 aromatic carbocycles. The number of benzene rings is 1. The van der Waals surface area contributed by atoms with Crippen LogP contribution in [-0.2, 0) is 4.74 Å². The molecule has 1 heterocycles. The van der Waals surface area contributed by atoms with Crippen molar-refractivity contribution < 1.29 is 26.7 Å². The fourth-order valence-corrected chi connectivity index (χ4v) is 3.07. The largest absolute Gasteiger partial charge is 0.414 e. The van der Waals surface area contributed by atoms with Crippen molar-refractivity contribution in [2.75, 3.05) is 13.7 Å². The van der Waals surface area contributed by atoms with Gasteiger partial charge in [0.2, 0.25) is 0 Å². The number of rotatable bonds is 4. The SMILES string of the molecule is COCC1=NC=C(C(F)(F)F)CC1Sc1ccc(F)cc1F. The molecule has 8 heteroatoms. The summed E-state index contributed by atoms with van der Waals surface area (Å²) >= 11 is 0.874. The molecule has 0 radical (unpaired) electrons. The molecule has 0 N–H and O–H groups in total. The van der Waals surface area contributed by atoms with Crippen molar-refractivity contribution in [2.24, 2.45) is 4.99 Å². The minimum Gasteiger partial charge on any atom is -0.379 e. The van der Waals surface area contributed by atoms with E-state index in [1.54, 1.807) is 0 Å². The van der Waals surface area contributed by atoms with E-state index in [1.165, 1.54) is 13.2 Å². The maximum absolute atomic E-state index is 13.7. The number of thioether (sulfide) groups is 1. The van der Waals surface area contributed by atoms with Gasteiger partial charge in [-0.25, -0.2) is 8.78 Å². The molecule has 1 aliphatic heterocycles. The molecule has 2 rings (SSSR count). The summed E-state index contributed by atoms with van der Waals surface area (Å²) in [4.78, 5) is 3.85. The van der Waals surface area contributed by atoms with E-state index in [4.69, 9.17) is 4.74 Å². The first-order chi connectivity index (χ1) is 10.3. The molecule has 1 unspecified atom stereocenters. The highest BCUT2D eigenvalue weighted by Crippen LogP contribution is 2.38. The Hall–Kier alpha value is -1.41. The summed E-state index contributed by atoms with van der Waals surface area (Å²) in [6, 6.07) is 2.95. The summed E-state index contributed by atoms with van der Waals surface area (Å²) in [5.41, 5.74) is -0.406. The lowest BCUT2D eigenvalue weighted by molar-refractivity contribution is -0.0940. The van der Waals surface area contributed by atoms with Gasteiger partial charge in [-0.3, -0.25) is 4.99 Å². The van der Waals surface area contributed by atoms with Crippen molar-refractivity contribution >= 4 is 17.5 Å². The molecule has 0 amide bonds. The lowest BCUT2D eigenvalue weighted by atomic mass is 10.1. The maximum atomic E-state index is 13.7. The smallest absolute Gasteiger partial charge is 0.379 e. The van der Waals surface area contributed by atoms with Crippen LogP contribution in [0.15, 0.2) is 39.9 Å². The van der Waals surface area contributed by atoms with E-state index in [2.05, 4.69) is 4.99 Å². The van der Waals surface area contributed by atoms with E-state index in [-0.39, 0.29) is 17.9 Å². The quantitative estimate of drug-likeness (QED) is 0.761. The third-order valence-electron chi connectivity index (χ3n) is 2.98. The molecule has 1 aliphatic rings. The second kappa shape index (κ2) is 6.78. The molecule has 0 bridgehead atoms. The van der Waals surface area contributed by atoms with Crippen LogP contribution < -0.4 is 0 Å². The first-order valence-corrected chi connectivity index (χ1v) is 7.12. The molecule has 0 aromatic heterocycles. The number of aliphatic imine (C=N–C) groups is 1. The van der Waals surface area contributed by atoms with Gasteiger partial charge in [0.05, 0.1) is 23.1 Å². The van der Waals surface area contributed by atoms with Gasteiger partial charge in [-0.2, -0.15) is 13.2 Å². The van der Waals surface area contributed by atoms with Crippen LogP contribution in [0, 0.1) is 11.6 Å². The molecule has 0 fully saturated rings. The topological polar surface area (TPSA) is 21.6 Å². The van der Waals surface area contributed by atoms with E-state index in [1.807, 2.05) is 0 Å². The standard InChI is InChI=1S/C14H12F5NOS/c1-21-7-11-13(4-8(6-20-11)14(17,18)19)22-12-3-2-9(15)5-10(12)16/h2-3,5-6,13H,4,7H2,1H3.